The predicted molar refractivity (Wildman–Crippen MR) is 115 cm³/mol. The summed E-state index contributed by atoms with van der Waals surface area (Å²) < 4.78 is 100. The molecule has 0 amide bonds. The van der Waals surface area contributed by atoms with Crippen LogP contribution in [-0.4, -0.2) is 30.9 Å². The van der Waals surface area contributed by atoms with Gasteiger partial charge in [-0.2, -0.15) is 26.3 Å². The third-order valence-electron chi connectivity index (χ3n) is 7.58. The molecule has 3 nitrogen and oxygen atoms in total. The van der Waals surface area contributed by atoms with Crippen LogP contribution < -0.4 is 5.32 Å². The molecule has 35 heavy (non-hydrogen) atoms. The maximum atomic E-state index is 13.8. The van der Waals surface area contributed by atoms with Gasteiger partial charge in [-0.1, -0.05) is 13.0 Å². The SMILES string of the molecule is CC1C=C(F)C=CC1[C@H]1[C@@H]2CNC[C@H]2CC[C@@H]1O[C@H](CO)c1cc(C(F)(F)F)cc(C(F)(F)F)c1. The smallest absolute Gasteiger partial charge is 0.393 e. The predicted octanol–water partition coefficient (Wildman–Crippen LogP) is 6.06. The van der Waals surface area contributed by atoms with E-state index in [0.717, 1.165) is 13.0 Å². The summed E-state index contributed by atoms with van der Waals surface area (Å²) in [6.07, 6.45) is -5.88. The molecule has 1 aromatic rings. The number of allylic oxidation sites excluding steroid dienone is 4. The van der Waals surface area contributed by atoms with Gasteiger partial charge >= 0.3 is 12.4 Å². The molecule has 194 valence electrons. The molecule has 1 heterocycles. The molecule has 2 aliphatic carbocycles. The van der Waals surface area contributed by atoms with Crippen molar-refractivity contribution >= 4 is 0 Å². The van der Waals surface area contributed by atoms with E-state index >= 15 is 0 Å². The molecule has 1 aromatic carbocycles. The standard InChI is InChI=1S/C25H28F7NO2/c1-13-6-18(26)3-4-19(13)23-20-11-33-10-14(20)2-5-21(23)35-22(12-34)15-7-16(24(27,28)29)9-17(8-15)25(30,31)32/h3-4,6-9,13-14,19-23,33-34H,2,5,10-12H2,1H3/t13?,14-,19?,20-,21+,22-,23+/m1/s1. The van der Waals surface area contributed by atoms with Crippen LogP contribution in [0.5, 0.6) is 0 Å². The number of halogens is 7. The largest absolute Gasteiger partial charge is 0.416 e. The van der Waals surface area contributed by atoms with E-state index in [1.807, 2.05) is 6.92 Å². The first-order valence-electron chi connectivity index (χ1n) is 11.7. The van der Waals surface area contributed by atoms with Crippen molar-refractivity contribution in [2.24, 2.45) is 29.6 Å². The fraction of sp³-hybridized carbons (Fsp3) is 0.600. The van der Waals surface area contributed by atoms with Crippen LogP contribution >= 0.6 is 0 Å². The van der Waals surface area contributed by atoms with E-state index in [1.165, 1.54) is 12.2 Å². The van der Waals surface area contributed by atoms with E-state index in [9.17, 15) is 35.8 Å². The third kappa shape index (κ3) is 5.59. The zero-order valence-corrected chi connectivity index (χ0v) is 19.0. The number of fused-ring (bicyclic) bond motifs is 1. The Morgan fingerprint density at radius 2 is 1.69 bits per heavy atom. The first-order chi connectivity index (χ1) is 16.4. The van der Waals surface area contributed by atoms with Gasteiger partial charge in [-0.15, -0.1) is 0 Å². The lowest BCUT2D eigenvalue weighted by molar-refractivity contribution is -0.143. The van der Waals surface area contributed by atoms with E-state index < -0.39 is 42.3 Å². The van der Waals surface area contributed by atoms with E-state index in [0.29, 0.717) is 31.0 Å². The van der Waals surface area contributed by atoms with Crippen molar-refractivity contribution < 1.29 is 40.6 Å². The van der Waals surface area contributed by atoms with E-state index in [1.54, 1.807) is 6.08 Å². The second-order valence-electron chi connectivity index (χ2n) is 9.77. The van der Waals surface area contributed by atoms with Gasteiger partial charge in [0.2, 0.25) is 0 Å². The van der Waals surface area contributed by atoms with Crippen molar-refractivity contribution in [3.63, 3.8) is 0 Å². The highest BCUT2D eigenvalue weighted by atomic mass is 19.4. The molecule has 0 radical (unpaired) electrons. The number of aliphatic hydroxyl groups is 1. The maximum absolute atomic E-state index is 13.8. The summed E-state index contributed by atoms with van der Waals surface area (Å²) in [6, 6.07) is 1.27. The van der Waals surface area contributed by atoms with Crippen LogP contribution in [0, 0.1) is 29.6 Å². The summed E-state index contributed by atoms with van der Waals surface area (Å²) in [5.74, 6) is -0.241. The van der Waals surface area contributed by atoms with Crippen LogP contribution in [0.25, 0.3) is 0 Å². The van der Waals surface area contributed by atoms with Crippen molar-refractivity contribution in [3.8, 4) is 0 Å². The highest BCUT2D eigenvalue weighted by Crippen LogP contribution is 2.48. The molecular weight excluding hydrogens is 479 g/mol. The molecule has 1 saturated carbocycles. The number of benzene rings is 1. The Kier molecular flexibility index (Phi) is 7.37. The number of nitrogens with one attached hydrogen (secondary N) is 1. The minimum atomic E-state index is -5.00. The Hall–Kier alpha value is -1.91. The highest BCUT2D eigenvalue weighted by Gasteiger charge is 2.47. The van der Waals surface area contributed by atoms with Gasteiger partial charge in [0, 0.05) is 0 Å². The second kappa shape index (κ2) is 9.86. The molecule has 0 bridgehead atoms. The average molecular weight is 507 g/mol. The zero-order valence-electron chi connectivity index (χ0n) is 19.0. The lowest BCUT2D eigenvalue weighted by Gasteiger charge is -2.45. The summed E-state index contributed by atoms with van der Waals surface area (Å²) in [4.78, 5) is 0. The minimum Gasteiger partial charge on any atom is -0.393 e. The van der Waals surface area contributed by atoms with Crippen LogP contribution in [0.1, 0.15) is 42.6 Å². The number of alkyl halides is 6. The van der Waals surface area contributed by atoms with Gasteiger partial charge in [-0.05, 0) is 91.4 Å². The van der Waals surface area contributed by atoms with Crippen molar-refractivity contribution in [1.29, 1.82) is 0 Å². The molecule has 2 fully saturated rings. The van der Waals surface area contributed by atoms with Gasteiger partial charge in [0.1, 0.15) is 11.9 Å². The monoisotopic (exact) mass is 507 g/mol. The van der Waals surface area contributed by atoms with E-state index in [4.69, 9.17) is 4.74 Å². The summed E-state index contributed by atoms with van der Waals surface area (Å²) in [6.45, 7) is 2.61. The normalized spacial score (nSPS) is 32.3. The molecule has 2 unspecified atom stereocenters. The highest BCUT2D eigenvalue weighted by molar-refractivity contribution is 5.35. The molecule has 4 rings (SSSR count). The Labute approximate surface area is 199 Å². The summed E-state index contributed by atoms with van der Waals surface area (Å²) in [7, 11) is 0. The van der Waals surface area contributed by atoms with Crippen molar-refractivity contribution in [2.75, 3.05) is 19.7 Å². The summed E-state index contributed by atoms with van der Waals surface area (Å²) in [5, 5.41) is 13.4. The molecule has 0 aromatic heterocycles. The first kappa shape index (κ1) is 26.2. The van der Waals surface area contributed by atoms with Crippen LogP contribution in [0.3, 0.4) is 0 Å². The minimum absolute atomic E-state index is 0.0610. The van der Waals surface area contributed by atoms with Crippen molar-refractivity contribution in [1.82, 2.24) is 5.32 Å². The van der Waals surface area contributed by atoms with Gasteiger partial charge in [0.25, 0.3) is 0 Å². The third-order valence-corrected chi connectivity index (χ3v) is 7.58. The maximum Gasteiger partial charge on any atom is 0.416 e. The number of rotatable bonds is 5. The Balaban J connectivity index is 1.67. The van der Waals surface area contributed by atoms with Crippen LogP contribution in [0.4, 0.5) is 30.7 Å². The van der Waals surface area contributed by atoms with Crippen LogP contribution in [0.2, 0.25) is 0 Å². The molecule has 1 aliphatic heterocycles. The second-order valence-corrected chi connectivity index (χ2v) is 9.77. The Morgan fingerprint density at radius 3 is 2.26 bits per heavy atom. The lowest BCUT2D eigenvalue weighted by Crippen LogP contribution is -2.45. The van der Waals surface area contributed by atoms with Gasteiger partial charge < -0.3 is 15.2 Å². The number of ether oxygens (including phenoxy) is 1. The summed E-state index contributed by atoms with van der Waals surface area (Å²) >= 11 is 0. The van der Waals surface area contributed by atoms with Crippen molar-refractivity contribution in [3.05, 3.63) is 58.9 Å². The fourth-order valence-electron chi connectivity index (χ4n) is 5.94. The first-order valence-corrected chi connectivity index (χ1v) is 11.7. The molecule has 10 heteroatoms. The fourth-order valence-corrected chi connectivity index (χ4v) is 5.94. The molecule has 2 N–H and O–H groups in total. The quantitative estimate of drug-likeness (QED) is 0.476. The number of hydrogen-bond donors (Lipinski definition) is 2. The molecule has 7 atom stereocenters. The average Bonchev–Trinajstić information content (AvgIpc) is 3.25. The van der Waals surface area contributed by atoms with Gasteiger partial charge in [0.15, 0.2) is 0 Å². The summed E-state index contributed by atoms with van der Waals surface area (Å²) in [5.41, 5.74) is -3.28. The van der Waals surface area contributed by atoms with E-state index in [2.05, 4.69) is 5.32 Å². The van der Waals surface area contributed by atoms with Crippen LogP contribution in [-0.2, 0) is 17.1 Å². The topological polar surface area (TPSA) is 41.5 Å². The van der Waals surface area contributed by atoms with Gasteiger partial charge in [-0.25, -0.2) is 4.39 Å². The number of aliphatic hydroxyl groups excluding tert-OH is 1. The number of hydrogen-bond acceptors (Lipinski definition) is 3. The van der Waals surface area contributed by atoms with Crippen LogP contribution in [0.15, 0.2) is 42.3 Å². The zero-order chi connectivity index (χ0) is 25.5. The molecule has 3 aliphatic rings. The Bertz CT molecular complexity index is 939. The van der Waals surface area contributed by atoms with Crippen molar-refractivity contribution in [2.45, 2.75) is 44.3 Å². The van der Waals surface area contributed by atoms with E-state index in [-0.39, 0.29) is 41.1 Å². The molecule has 0 spiro atoms. The lowest BCUT2D eigenvalue weighted by atomic mass is 9.63. The Morgan fingerprint density at radius 1 is 1.03 bits per heavy atom. The van der Waals surface area contributed by atoms with Gasteiger partial charge in [-0.3, -0.25) is 0 Å². The van der Waals surface area contributed by atoms with Gasteiger partial charge in [0.05, 0.1) is 23.8 Å². The molecular formula is C25H28F7NO2. The molecule has 1 saturated heterocycles.